The third-order valence-corrected chi connectivity index (χ3v) is 4.63. The molecule has 29 heavy (non-hydrogen) atoms. The lowest BCUT2D eigenvalue weighted by molar-refractivity contribution is -0.145. The third-order valence-electron chi connectivity index (χ3n) is 4.14. The molecular formula is C22H21BrN2O4. The summed E-state index contributed by atoms with van der Waals surface area (Å²) in [5.74, 6) is -0.676. The van der Waals surface area contributed by atoms with Crippen LogP contribution in [0.3, 0.4) is 0 Å². The number of esters is 1. The van der Waals surface area contributed by atoms with E-state index in [1.165, 1.54) is 6.08 Å². The second-order valence-electron chi connectivity index (χ2n) is 6.15. The van der Waals surface area contributed by atoms with Gasteiger partial charge in [0.25, 0.3) is 5.91 Å². The first kappa shape index (κ1) is 22.2. The number of hydrogen-bond donors (Lipinski definition) is 1. The summed E-state index contributed by atoms with van der Waals surface area (Å²) in [7, 11) is 0. The summed E-state index contributed by atoms with van der Waals surface area (Å²) >= 11 is 3.36. The number of hydrogen-bond acceptors (Lipinski definition) is 5. The van der Waals surface area contributed by atoms with E-state index in [0.717, 1.165) is 15.6 Å². The summed E-state index contributed by atoms with van der Waals surface area (Å²) in [6.45, 7) is 5.54. The second-order valence-corrected chi connectivity index (χ2v) is 7.06. The quantitative estimate of drug-likeness (QED) is 0.374. The van der Waals surface area contributed by atoms with Crippen molar-refractivity contribution in [1.29, 1.82) is 5.26 Å². The molecule has 0 radical (unpaired) electrons. The molecule has 0 aromatic heterocycles. The Hall–Kier alpha value is -3.11. The van der Waals surface area contributed by atoms with Crippen molar-refractivity contribution >= 4 is 39.6 Å². The number of ether oxygens (including phenoxy) is 2. The molecule has 0 aliphatic rings. The van der Waals surface area contributed by atoms with Crippen LogP contribution >= 0.6 is 15.9 Å². The molecule has 2 aromatic carbocycles. The van der Waals surface area contributed by atoms with Gasteiger partial charge in [0, 0.05) is 15.7 Å². The minimum absolute atomic E-state index is 0.0926. The highest BCUT2D eigenvalue weighted by atomic mass is 79.9. The number of benzene rings is 2. The molecule has 0 aliphatic carbocycles. The van der Waals surface area contributed by atoms with Crippen LogP contribution in [0.2, 0.25) is 0 Å². The lowest BCUT2D eigenvalue weighted by atomic mass is 10.1. The van der Waals surface area contributed by atoms with E-state index < -0.39 is 11.9 Å². The zero-order valence-corrected chi connectivity index (χ0v) is 18.0. The summed E-state index contributed by atoms with van der Waals surface area (Å²) in [5.41, 5.74) is 3.00. The summed E-state index contributed by atoms with van der Waals surface area (Å²) in [4.78, 5) is 24.2. The van der Waals surface area contributed by atoms with Crippen molar-refractivity contribution < 1.29 is 19.1 Å². The van der Waals surface area contributed by atoms with Gasteiger partial charge in [0.15, 0.2) is 6.61 Å². The summed E-state index contributed by atoms with van der Waals surface area (Å²) in [6, 6.07) is 12.6. The Morgan fingerprint density at radius 3 is 2.69 bits per heavy atom. The van der Waals surface area contributed by atoms with Crippen LogP contribution in [0.4, 0.5) is 5.69 Å². The maximum absolute atomic E-state index is 12.6. The summed E-state index contributed by atoms with van der Waals surface area (Å²) < 4.78 is 11.1. The summed E-state index contributed by atoms with van der Waals surface area (Å²) in [6.07, 6.45) is 1.42. The number of nitriles is 1. The predicted octanol–water partition coefficient (Wildman–Crippen LogP) is 4.55. The van der Waals surface area contributed by atoms with E-state index in [4.69, 9.17) is 9.47 Å². The highest BCUT2D eigenvalue weighted by Gasteiger charge is 2.14. The molecule has 6 nitrogen and oxygen atoms in total. The Morgan fingerprint density at radius 2 is 2.00 bits per heavy atom. The molecule has 0 aliphatic heterocycles. The molecule has 0 saturated heterocycles. The van der Waals surface area contributed by atoms with Crippen molar-refractivity contribution in [2.45, 2.75) is 20.8 Å². The number of nitrogens with zero attached hydrogens (tertiary/aromatic N) is 1. The smallest absolute Gasteiger partial charge is 0.344 e. The average molecular weight is 457 g/mol. The highest BCUT2D eigenvalue weighted by Crippen LogP contribution is 2.26. The fraction of sp³-hybridized carbons (Fsp3) is 0.227. The second kappa shape index (κ2) is 10.4. The van der Waals surface area contributed by atoms with Gasteiger partial charge in [-0.1, -0.05) is 28.1 Å². The Labute approximate surface area is 178 Å². The standard InChI is InChI=1S/C22H21BrN2O4/c1-4-28-21(26)13-29-20-9-8-18(23)11-16(20)10-17(12-24)22(27)25-19-7-5-6-14(2)15(19)3/h5-11H,4,13H2,1-3H3,(H,25,27)/b17-10+. The Bertz CT molecular complexity index is 993. The van der Waals surface area contributed by atoms with Crippen LogP contribution in [0.15, 0.2) is 46.4 Å². The van der Waals surface area contributed by atoms with E-state index in [1.807, 2.05) is 32.0 Å². The number of amides is 1. The number of anilines is 1. The lowest BCUT2D eigenvalue weighted by Crippen LogP contribution is -2.16. The van der Waals surface area contributed by atoms with Gasteiger partial charge in [-0.3, -0.25) is 4.79 Å². The molecule has 0 heterocycles. The monoisotopic (exact) mass is 456 g/mol. The van der Waals surface area contributed by atoms with Gasteiger partial charge in [0.2, 0.25) is 0 Å². The molecule has 2 rings (SSSR count). The van der Waals surface area contributed by atoms with E-state index in [9.17, 15) is 14.9 Å². The molecule has 0 bridgehead atoms. The molecule has 150 valence electrons. The fourth-order valence-electron chi connectivity index (χ4n) is 2.48. The Kier molecular flexibility index (Phi) is 7.98. The Balaban J connectivity index is 2.28. The highest BCUT2D eigenvalue weighted by molar-refractivity contribution is 9.10. The van der Waals surface area contributed by atoms with E-state index in [-0.39, 0.29) is 18.8 Å². The van der Waals surface area contributed by atoms with E-state index in [0.29, 0.717) is 17.0 Å². The molecule has 1 amide bonds. The van der Waals surface area contributed by atoms with Gasteiger partial charge < -0.3 is 14.8 Å². The molecule has 1 N–H and O–H groups in total. The van der Waals surface area contributed by atoms with Gasteiger partial charge in [0.05, 0.1) is 6.61 Å². The number of carbonyl (C=O) groups is 2. The first-order valence-electron chi connectivity index (χ1n) is 8.93. The van der Waals surface area contributed by atoms with Crippen LogP contribution in [-0.2, 0) is 14.3 Å². The van der Waals surface area contributed by atoms with Gasteiger partial charge in [-0.05, 0) is 62.2 Å². The number of rotatable bonds is 7. The number of carbonyl (C=O) groups excluding carboxylic acids is 2. The molecule has 0 atom stereocenters. The molecule has 0 saturated carbocycles. The van der Waals surface area contributed by atoms with Crippen molar-refractivity contribution in [2.24, 2.45) is 0 Å². The SMILES string of the molecule is CCOC(=O)COc1ccc(Br)cc1/C=C(\C#N)C(=O)Nc1cccc(C)c1C. The first-order chi connectivity index (χ1) is 13.8. The van der Waals surface area contributed by atoms with E-state index in [1.54, 1.807) is 31.2 Å². The maximum Gasteiger partial charge on any atom is 0.344 e. The van der Waals surface area contributed by atoms with Crippen molar-refractivity contribution in [1.82, 2.24) is 0 Å². The zero-order valence-electron chi connectivity index (χ0n) is 16.4. The van der Waals surface area contributed by atoms with Gasteiger partial charge in [-0.25, -0.2) is 4.79 Å². The fourth-order valence-corrected chi connectivity index (χ4v) is 2.86. The van der Waals surface area contributed by atoms with Crippen LogP contribution in [0.5, 0.6) is 5.75 Å². The Morgan fingerprint density at radius 1 is 1.24 bits per heavy atom. The largest absolute Gasteiger partial charge is 0.481 e. The van der Waals surface area contributed by atoms with Crippen LogP contribution in [-0.4, -0.2) is 25.1 Å². The van der Waals surface area contributed by atoms with Gasteiger partial charge in [-0.2, -0.15) is 5.26 Å². The van der Waals surface area contributed by atoms with E-state index >= 15 is 0 Å². The van der Waals surface area contributed by atoms with Crippen molar-refractivity contribution in [2.75, 3.05) is 18.5 Å². The minimum atomic E-state index is -0.530. The van der Waals surface area contributed by atoms with Crippen LogP contribution < -0.4 is 10.1 Å². The molecule has 0 fully saturated rings. The van der Waals surface area contributed by atoms with Crippen LogP contribution in [0.25, 0.3) is 6.08 Å². The van der Waals surface area contributed by atoms with Gasteiger partial charge in [-0.15, -0.1) is 0 Å². The molecular weight excluding hydrogens is 436 g/mol. The molecule has 2 aromatic rings. The first-order valence-corrected chi connectivity index (χ1v) is 9.72. The van der Waals surface area contributed by atoms with Crippen molar-refractivity contribution in [3.8, 4) is 11.8 Å². The van der Waals surface area contributed by atoms with Crippen molar-refractivity contribution in [3.63, 3.8) is 0 Å². The molecule has 0 spiro atoms. The molecule has 0 unspecified atom stereocenters. The third kappa shape index (κ3) is 6.19. The number of nitrogens with one attached hydrogen (secondary N) is 1. The summed E-state index contributed by atoms with van der Waals surface area (Å²) in [5, 5.41) is 12.3. The number of halogens is 1. The topological polar surface area (TPSA) is 88.4 Å². The predicted molar refractivity (Wildman–Crippen MR) is 114 cm³/mol. The van der Waals surface area contributed by atoms with Gasteiger partial charge >= 0.3 is 5.97 Å². The zero-order chi connectivity index (χ0) is 21.4. The normalized spacial score (nSPS) is 10.8. The van der Waals surface area contributed by atoms with Crippen LogP contribution in [0.1, 0.15) is 23.6 Å². The van der Waals surface area contributed by atoms with Crippen molar-refractivity contribution in [3.05, 3.63) is 63.1 Å². The van der Waals surface area contributed by atoms with Crippen LogP contribution in [0, 0.1) is 25.2 Å². The number of aryl methyl sites for hydroxylation is 1. The lowest BCUT2D eigenvalue weighted by Gasteiger charge is -2.11. The minimum Gasteiger partial charge on any atom is -0.481 e. The van der Waals surface area contributed by atoms with E-state index in [2.05, 4.69) is 21.2 Å². The van der Waals surface area contributed by atoms with Gasteiger partial charge in [0.1, 0.15) is 17.4 Å². The molecule has 7 heteroatoms. The maximum atomic E-state index is 12.6. The average Bonchev–Trinajstić information content (AvgIpc) is 2.69.